The molecule has 0 rings (SSSR count). The lowest BCUT2D eigenvalue weighted by molar-refractivity contribution is -0.166. The zero-order chi connectivity index (χ0) is 21.6. The van der Waals surface area contributed by atoms with E-state index in [1.165, 1.54) is 11.8 Å². The molecule has 0 saturated heterocycles. The number of esters is 2. The van der Waals surface area contributed by atoms with Gasteiger partial charge in [0.05, 0.1) is 0 Å². The second-order valence-corrected chi connectivity index (χ2v) is 7.62. The van der Waals surface area contributed by atoms with Crippen LogP contribution in [-0.2, 0) is 19.1 Å². The molecule has 0 radical (unpaired) electrons. The molecule has 0 spiro atoms. The topological polar surface area (TPSA) is 197 Å². The van der Waals surface area contributed by atoms with Crippen LogP contribution in [-0.4, -0.2) is 65.9 Å². The SMILES string of the molecule is CSCC[C@@](N)(N[C@@H](CCCCN)C(=O)O)C(=O)OC(=O)[C@@H](N)CCCCN. The molecule has 0 saturated carbocycles. The van der Waals surface area contributed by atoms with E-state index in [0.717, 1.165) is 0 Å². The number of ether oxygens (including phenoxy) is 1. The minimum Gasteiger partial charge on any atom is -0.480 e. The van der Waals surface area contributed by atoms with Crippen LogP contribution in [0.25, 0.3) is 0 Å². The lowest BCUT2D eigenvalue weighted by Crippen LogP contribution is -2.65. The highest BCUT2D eigenvalue weighted by Crippen LogP contribution is 2.14. The standard InChI is InChI=1S/C17H35N5O5S/c1-28-11-8-17(21,22-13(14(23)24)7-3-5-10-19)16(26)27-15(25)12(20)6-2-4-9-18/h12-13,22H,2-11,18-21H2,1H3,(H,23,24)/t12-,13-,17+/m0/s1. The van der Waals surface area contributed by atoms with Gasteiger partial charge in [-0.05, 0) is 57.2 Å². The number of nitrogens with two attached hydrogens (primary N) is 4. The van der Waals surface area contributed by atoms with E-state index in [4.69, 9.17) is 27.7 Å². The number of thioether (sulfide) groups is 1. The molecule has 0 aliphatic rings. The second-order valence-electron chi connectivity index (χ2n) is 6.63. The van der Waals surface area contributed by atoms with Gasteiger partial charge in [0.25, 0.3) is 0 Å². The second kappa shape index (κ2) is 14.7. The molecule has 0 bridgehead atoms. The zero-order valence-electron chi connectivity index (χ0n) is 16.5. The van der Waals surface area contributed by atoms with E-state index in [9.17, 15) is 19.5 Å². The van der Waals surface area contributed by atoms with Gasteiger partial charge in [0.1, 0.15) is 12.1 Å². The van der Waals surface area contributed by atoms with E-state index >= 15 is 0 Å². The van der Waals surface area contributed by atoms with Gasteiger partial charge in [-0.15, -0.1) is 0 Å². The molecule has 0 aromatic rings. The highest BCUT2D eigenvalue weighted by molar-refractivity contribution is 7.98. The smallest absolute Gasteiger partial charge is 0.348 e. The fourth-order valence-electron chi connectivity index (χ4n) is 2.44. The Hall–Kier alpha value is -1.24. The molecule has 0 aliphatic carbocycles. The Morgan fingerprint density at radius 1 is 1.11 bits per heavy atom. The predicted molar refractivity (Wildman–Crippen MR) is 109 cm³/mol. The Kier molecular flexibility index (Phi) is 14.1. The van der Waals surface area contributed by atoms with Crippen molar-refractivity contribution in [2.24, 2.45) is 22.9 Å². The van der Waals surface area contributed by atoms with Crippen LogP contribution in [0.5, 0.6) is 0 Å². The quantitative estimate of drug-likeness (QED) is 0.0780. The van der Waals surface area contributed by atoms with Gasteiger partial charge in [-0.3, -0.25) is 10.1 Å². The third-order valence-electron chi connectivity index (χ3n) is 4.21. The lowest BCUT2D eigenvalue weighted by atomic mass is 10.0. The first-order valence-corrected chi connectivity index (χ1v) is 10.8. The number of carboxylic acid groups (broad SMARTS) is 1. The van der Waals surface area contributed by atoms with E-state index in [-0.39, 0.29) is 12.8 Å². The summed E-state index contributed by atoms with van der Waals surface area (Å²) < 4.78 is 4.87. The van der Waals surface area contributed by atoms with Crippen molar-refractivity contribution in [1.82, 2.24) is 5.32 Å². The fourth-order valence-corrected chi connectivity index (χ4v) is 2.97. The van der Waals surface area contributed by atoms with Gasteiger partial charge in [-0.2, -0.15) is 11.8 Å². The molecule has 0 aliphatic heterocycles. The number of carbonyl (C=O) groups excluding carboxylic acids is 2. The zero-order valence-corrected chi connectivity index (χ0v) is 17.3. The minimum atomic E-state index is -1.82. The summed E-state index contributed by atoms with van der Waals surface area (Å²) in [5.41, 5.74) is 20.9. The highest BCUT2D eigenvalue weighted by Gasteiger charge is 2.40. The number of carboxylic acids is 1. The molecule has 3 atom stereocenters. The Bertz CT molecular complexity index is 497. The Morgan fingerprint density at radius 3 is 2.18 bits per heavy atom. The van der Waals surface area contributed by atoms with Gasteiger partial charge in [-0.25, -0.2) is 9.59 Å². The van der Waals surface area contributed by atoms with Gasteiger partial charge < -0.3 is 32.8 Å². The number of carbonyl (C=O) groups is 3. The first kappa shape index (κ1) is 26.8. The Balaban J connectivity index is 5.08. The molecule has 10 nitrogen and oxygen atoms in total. The number of nitrogens with one attached hydrogen (secondary N) is 1. The van der Waals surface area contributed by atoms with E-state index in [2.05, 4.69) is 5.32 Å². The maximum Gasteiger partial charge on any atom is 0.348 e. The Morgan fingerprint density at radius 2 is 1.68 bits per heavy atom. The molecule has 0 heterocycles. The van der Waals surface area contributed by atoms with Gasteiger partial charge in [0.2, 0.25) is 0 Å². The number of hydrogen-bond acceptors (Lipinski definition) is 10. The number of aliphatic carboxylic acids is 1. The summed E-state index contributed by atoms with van der Waals surface area (Å²) in [5, 5.41) is 12.1. The molecular weight excluding hydrogens is 386 g/mol. The number of unbranched alkanes of at least 4 members (excludes halogenated alkanes) is 2. The van der Waals surface area contributed by atoms with Crippen LogP contribution >= 0.6 is 11.8 Å². The molecule has 10 N–H and O–H groups in total. The molecule has 0 amide bonds. The van der Waals surface area contributed by atoms with Gasteiger partial charge >= 0.3 is 17.9 Å². The predicted octanol–water partition coefficient (Wildman–Crippen LogP) is -0.908. The molecule has 28 heavy (non-hydrogen) atoms. The number of hydrogen-bond donors (Lipinski definition) is 6. The van der Waals surface area contributed by atoms with E-state index in [1.54, 1.807) is 0 Å². The molecule has 0 unspecified atom stereocenters. The van der Waals surface area contributed by atoms with Crippen molar-refractivity contribution in [2.75, 3.05) is 25.1 Å². The van der Waals surface area contributed by atoms with Crippen molar-refractivity contribution >= 4 is 29.7 Å². The monoisotopic (exact) mass is 421 g/mol. The molecule has 11 heteroatoms. The summed E-state index contributed by atoms with van der Waals surface area (Å²) in [6.45, 7) is 0.914. The summed E-state index contributed by atoms with van der Waals surface area (Å²) in [6.07, 6.45) is 5.01. The lowest BCUT2D eigenvalue weighted by Gasteiger charge is -2.31. The van der Waals surface area contributed by atoms with Crippen LogP contribution in [0, 0.1) is 0 Å². The summed E-state index contributed by atoms with van der Waals surface area (Å²) in [4.78, 5) is 36.2. The van der Waals surface area contributed by atoms with Crippen LogP contribution in [0.1, 0.15) is 44.9 Å². The van der Waals surface area contributed by atoms with Crippen molar-refractivity contribution in [3.63, 3.8) is 0 Å². The average Bonchev–Trinajstić information content (AvgIpc) is 2.65. The molecular formula is C17H35N5O5S. The average molecular weight is 422 g/mol. The van der Waals surface area contributed by atoms with Crippen LogP contribution in [0.2, 0.25) is 0 Å². The number of rotatable bonds is 16. The first-order chi connectivity index (χ1) is 13.2. The maximum atomic E-state index is 12.6. The van der Waals surface area contributed by atoms with Crippen molar-refractivity contribution in [3.8, 4) is 0 Å². The van der Waals surface area contributed by atoms with E-state index in [0.29, 0.717) is 50.9 Å². The van der Waals surface area contributed by atoms with Gasteiger partial charge in [0, 0.05) is 0 Å². The molecule has 164 valence electrons. The van der Waals surface area contributed by atoms with Crippen LogP contribution in [0.3, 0.4) is 0 Å². The Labute approximate surface area is 170 Å². The van der Waals surface area contributed by atoms with Crippen LogP contribution in [0.4, 0.5) is 0 Å². The van der Waals surface area contributed by atoms with Crippen molar-refractivity contribution in [3.05, 3.63) is 0 Å². The minimum absolute atomic E-state index is 0.0867. The van der Waals surface area contributed by atoms with E-state index in [1.807, 2.05) is 6.26 Å². The summed E-state index contributed by atoms with van der Waals surface area (Å²) >= 11 is 1.43. The maximum absolute atomic E-state index is 12.6. The largest absolute Gasteiger partial charge is 0.480 e. The molecule has 0 aromatic carbocycles. The fraction of sp³-hybridized carbons (Fsp3) is 0.824. The third-order valence-corrected chi connectivity index (χ3v) is 4.82. The van der Waals surface area contributed by atoms with Crippen LogP contribution in [0.15, 0.2) is 0 Å². The van der Waals surface area contributed by atoms with Crippen molar-refractivity contribution in [1.29, 1.82) is 0 Å². The highest BCUT2D eigenvalue weighted by atomic mass is 32.2. The molecule has 0 fully saturated rings. The van der Waals surface area contributed by atoms with Crippen molar-refractivity contribution in [2.45, 2.75) is 62.7 Å². The van der Waals surface area contributed by atoms with Crippen LogP contribution < -0.4 is 28.3 Å². The summed E-state index contributed by atoms with van der Waals surface area (Å²) in [5.74, 6) is -2.61. The van der Waals surface area contributed by atoms with Crippen molar-refractivity contribution < 1.29 is 24.2 Å². The summed E-state index contributed by atoms with van der Waals surface area (Å²) in [6, 6.07) is -2.04. The third kappa shape index (κ3) is 10.3. The van der Waals surface area contributed by atoms with Gasteiger partial charge in [-0.1, -0.05) is 12.8 Å². The first-order valence-electron chi connectivity index (χ1n) is 9.42. The summed E-state index contributed by atoms with van der Waals surface area (Å²) in [7, 11) is 0. The normalized spacial score (nSPS) is 15.5. The molecule has 0 aromatic heterocycles. The van der Waals surface area contributed by atoms with E-state index < -0.39 is 35.7 Å². The van der Waals surface area contributed by atoms with Gasteiger partial charge in [0.15, 0.2) is 5.66 Å².